The van der Waals surface area contributed by atoms with Gasteiger partial charge < -0.3 is 9.30 Å². The van der Waals surface area contributed by atoms with E-state index in [0.29, 0.717) is 17.4 Å². The van der Waals surface area contributed by atoms with E-state index < -0.39 is 0 Å². The van der Waals surface area contributed by atoms with Crippen LogP contribution in [0.3, 0.4) is 0 Å². The maximum Gasteiger partial charge on any atom is 0.276 e. The van der Waals surface area contributed by atoms with E-state index in [-0.39, 0.29) is 5.91 Å². The summed E-state index contributed by atoms with van der Waals surface area (Å²) in [6, 6.07) is 0.500. The van der Waals surface area contributed by atoms with Gasteiger partial charge in [0.05, 0.1) is 0 Å². The van der Waals surface area contributed by atoms with E-state index in [2.05, 4.69) is 14.9 Å². The number of likely N-dealkylation sites (tertiary alicyclic amines) is 2. The molecule has 2 aromatic rings. The molecule has 2 aliphatic rings. The van der Waals surface area contributed by atoms with E-state index >= 15 is 0 Å². The van der Waals surface area contributed by atoms with Crippen molar-refractivity contribution in [3.8, 4) is 0 Å². The Bertz CT molecular complexity index is 704. The van der Waals surface area contributed by atoms with Crippen LogP contribution in [-0.4, -0.2) is 62.3 Å². The highest BCUT2D eigenvalue weighted by Gasteiger charge is 2.30. The van der Waals surface area contributed by atoms with Gasteiger partial charge in [0.25, 0.3) is 5.91 Å². The van der Waals surface area contributed by atoms with E-state index in [0.717, 1.165) is 19.5 Å². The second-order valence-corrected chi connectivity index (χ2v) is 6.93. The Morgan fingerprint density at radius 1 is 0.958 bits per heavy atom. The van der Waals surface area contributed by atoms with Crippen LogP contribution >= 0.6 is 0 Å². The summed E-state index contributed by atoms with van der Waals surface area (Å²) in [5.41, 5.74) is 1.12. The topological polar surface area (TPSA) is 53.7 Å². The molecule has 128 valence electrons. The molecule has 4 heterocycles. The summed E-state index contributed by atoms with van der Waals surface area (Å²) in [5, 5.41) is 0. The quantitative estimate of drug-likeness (QED) is 0.849. The predicted molar refractivity (Wildman–Crippen MR) is 92.0 cm³/mol. The highest BCUT2D eigenvalue weighted by Crippen LogP contribution is 2.21. The van der Waals surface area contributed by atoms with Crippen molar-refractivity contribution in [3.05, 3.63) is 30.5 Å². The Morgan fingerprint density at radius 3 is 2.50 bits per heavy atom. The lowest BCUT2D eigenvalue weighted by Crippen LogP contribution is -2.50. The van der Waals surface area contributed by atoms with Gasteiger partial charge in [-0.1, -0.05) is 12.8 Å². The number of carbonyl (C=O) groups excluding carboxylic acids is 1. The van der Waals surface area contributed by atoms with Crippen molar-refractivity contribution in [2.45, 2.75) is 44.6 Å². The Kier molecular flexibility index (Phi) is 4.47. The number of piperidine rings is 1. The number of rotatable bonds is 2. The van der Waals surface area contributed by atoms with Gasteiger partial charge in [0.2, 0.25) is 0 Å². The first-order valence-corrected chi connectivity index (χ1v) is 9.14. The summed E-state index contributed by atoms with van der Waals surface area (Å²) in [6.45, 7) is 4.01. The number of aromatic nitrogens is 3. The molecule has 0 aromatic carbocycles. The molecule has 6 nitrogen and oxygen atoms in total. The third-order valence-electron chi connectivity index (χ3n) is 5.35. The van der Waals surface area contributed by atoms with Crippen molar-refractivity contribution >= 4 is 11.6 Å². The molecule has 2 fully saturated rings. The van der Waals surface area contributed by atoms with Crippen LogP contribution < -0.4 is 0 Å². The second-order valence-electron chi connectivity index (χ2n) is 6.93. The Hall–Kier alpha value is -1.95. The lowest BCUT2D eigenvalue weighted by Gasteiger charge is -2.39. The molecule has 0 N–H and O–H groups in total. The molecule has 1 unspecified atom stereocenters. The Morgan fingerprint density at radius 2 is 1.71 bits per heavy atom. The fourth-order valence-electron chi connectivity index (χ4n) is 4.05. The van der Waals surface area contributed by atoms with Gasteiger partial charge in [0.1, 0.15) is 0 Å². The molecule has 0 spiro atoms. The molecule has 0 bridgehead atoms. The summed E-state index contributed by atoms with van der Waals surface area (Å²) in [5.74, 6) is 0.0197. The Balaban J connectivity index is 1.51. The van der Waals surface area contributed by atoms with Crippen molar-refractivity contribution in [1.82, 2.24) is 24.2 Å². The summed E-state index contributed by atoms with van der Waals surface area (Å²) in [7, 11) is 0. The molecule has 4 rings (SSSR count). The average molecular weight is 327 g/mol. The molecule has 2 aromatic heterocycles. The van der Waals surface area contributed by atoms with Crippen molar-refractivity contribution in [2.24, 2.45) is 0 Å². The fraction of sp³-hybridized carbons (Fsp3) is 0.611. The summed E-state index contributed by atoms with van der Waals surface area (Å²) in [4.78, 5) is 26.2. The molecule has 0 radical (unpaired) electrons. The van der Waals surface area contributed by atoms with E-state index in [1.54, 1.807) is 12.4 Å². The van der Waals surface area contributed by atoms with Crippen molar-refractivity contribution in [3.63, 3.8) is 0 Å². The Labute approximate surface area is 142 Å². The fourth-order valence-corrected chi connectivity index (χ4v) is 4.05. The number of nitrogens with zero attached hydrogens (tertiary/aromatic N) is 5. The van der Waals surface area contributed by atoms with Crippen molar-refractivity contribution < 1.29 is 4.79 Å². The highest BCUT2D eigenvalue weighted by atomic mass is 16.2. The lowest BCUT2D eigenvalue weighted by molar-refractivity contribution is 0.0575. The smallest absolute Gasteiger partial charge is 0.276 e. The SMILES string of the molecule is O=C(c1nccn2ccnc12)N1CCCC(N2CCCCCC2)C1. The van der Waals surface area contributed by atoms with Gasteiger partial charge >= 0.3 is 0 Å². The highest BCUT2D eigenvalue weighted by molar-refractivity contribution is 5.97. The molecule has 1 amide bonds. The van der Waals surface area contributed by atoms with Gasteiger partial charge in [-0.15, -0.1) is 0 Å². The molecule has 2 saturated heterocycles. The van der Waals surface area contributed by atoms with Crippen LogP contribution in [0.4, 0.5) is 0 Å². The van der Waals surface area contributed by atoms with Crippen LogP contribution in [0.5, 0.6) is 0 Å². The van der Waals surface area contributed by atoms with Crippen LogP contribution in [0.25, 0.3) is 5.65 Å². The summed E-state index contributed by atoms with van der Waals surface area (Å²) in [6.07, 6.45) is 14.6. The zero-order chi connectivity index (χ0) is 16.4. The molecule has 0 aliphatic carbocycles. The standard InChI is InChI=1S/C18H25N5O/c24-18(16-17-20-8-13-22(17)12-7-19-16)23-11-5-6-15(14-23)21-9-3-1-2-4-10-21/h7-8,12-13,15H,1-6,9-11,14H2. The molecule has 6 heteroatoms. The van der Waals surface area contributed by atoms with Gasteiger partial charge in [0, 0.05) is 43.9 Å². The van der Waals surface area contributed by atoms with Gasteiger partial charge in [-0.25, -0.2) is 9.97 Å². The van der Waals surface area contributed by atoms with Gasteiger partial charge in [-0.05, 0) is 38.8 Å². The van der Waals surface area contributed by atoms with E-state index in [1.807, 2.05) is 21.7 Å². The third-order valence-corrected chi connectivity index (χ3v) is 5.35. The monoisotopic (exact) mass is 327 g/mol. The van der Waals surface area contributed by atoms with Crippen LogP contribution in [0.15, 0.2) is 24.8 Å². The van der Waals surface area contributed by atoms with Crippen LogP contribution in [0.2, 0.25) is 0 Å². The van der Waals surface area contributed by atoms with Crippen molar-refractivity contribution in [2.75, 3.05) is 26.2 Å². The molecular weight excluding hydrogens is 302 g/mol. The number of imidazole rings is 1. The molecule has 1 atom stereocenters. The zero-order valence-electron chi connectivity index (χ0n) is 14.1. The number of hydrogen-bond donors (Lipinski definition) is 0. The van der Waals surface area contributed by atoms with Gasteiger partial charge in [0.15, 0.2) is 11.3 Å². The normalized spacial score (nSPS) is 23.3. The summed E-state index contributed by atoms with van der Waals surface area (Å²) < 4.78 is 1.86. The first-order valence-electron chi connectivity index (χ1n) is 9.14. The van der Waals surface area contributed by atoms with Gasteiger partial charge in [-0.3, -0.25) is 9.69 Å². The third kappa shape index (κ3) is 3.02. The molecule has 24 heavy (non-hydrogen) atoms. The lowest BCUT2D eigenvalue weighted by atomic mass is 10.0. The minimum absolute atomic E-state index is 0.0197. The van der Waals surface area contributed by atoms with Crippen LogP contribution in [0.1, 0.15) is 49.0 Å². The van der Waals surface area contributed by atoms with Crippen LogP contribution in [-0.2, 0) is 0 Å². The van der Waals surface area contributed by atoms with Gasteiger partial charge in [-0.2, -0.15) is 0 Å². The summed E-state index contributed by atoms with van der Waals surface area (Å²) >= 11 is 0. The second kappa shape index (κ2) is 6.89. The molecule has 0 saturated carbocycles. The molecular formula is C18H25N5O. The first-order chi connectivity index (χ1) is 11.8. The minimum atomic E-state index is 0.0197. The number of fused-ring (bicyclic) bond motifs is 1. The maximum absolute atomic E-state index is 13.0. The van der Waals surface area contributed by atoms with E-state index in [1.165, 1.54) is 45.2 Å². The molecule has 2 aliphatic heterocycles. The number of amides is 1. The van der Waals surface area contributed by atoms with Crippen molar-refractivity contribution in [1.29, 1.82) is 0 Å². The van der Waals surface area contributed by atoms with E-state index in [9.17, 15) is 4.79 Å². The minimum Gasteiger partial charge on any atom is -0.336 e. The predicted octanol–water partition coefficient (Wildman–Crippen LogP) is 2.21. The number of carbonyl (C=O) groups is 1. The largest absolute Gasteiger partial charge is 0.336 e. The first kappa shape index (κ1) is 15.6. The maximum atomic E-state index is 13.0. The average Bonchev–Trinajstić information content (AvgIpc) is 2.94. The van der Waals surface area contributed by atoms with Crippen LogP contribution in [0, 0.1) is 0 Å². The zero-order valence-corrected chi connectivity index (χ0v) is 14.1. The van der Waals surface area contributed by atoms with E-state index in [4.69, 9.17) is 0 Å². The number of hydrogen-bond acceptors (Lipinski definition) is 4.